The van der Waals surface area contributed by atoms with Gasteiger partial charge in [0, 0.05) is 23.7 Å². The summed E-state index contributed by atoms with van der Waals surface area (Å²) in [6.07, 6.45) is -2.67. The van der Waals surface area contributed by atoms with E-state index in [4.69, 9.17) is 9.88 Å². The Labute approximate surface area is 178 Å². The van der Waals surface area contributed by atoms with Gasteiger partial charge >= 0.3 is 6.18 Å². The number of anilines is 1. The molecule has 0 bridgehead atoms. The van der Waals surface area contributed by atoms with E-state index in [0.717, 1.165) is 38.1 Å². The van der Waals surface area contributed by atoms with E-state index in [1.165, 1.54) is 19.2 Å². The van der Waals surface area contributed by atoms with Gasteiger partial charge in [0.1, 0.15) is 5.75 Å². The van der Waals surface area contributed by atoms with Gasteiger partial charge in [-0.25, -0.2) is 13.6 Å². The van der Waals surface area contributed by atoms with E-state index in [9.17, 15) is 21.6 Å². The molecule has 1 fully saturated rings. The molecule has 0 spiro atoms. The molecule has 0 aliphatic carbocycles. The highest BCUT2D eigenvalue weighted by Gasteiger charge is 2.31. The van der Waals surface area contributed by atoms with Gasteiger partial charge in [-0.1, -0.05) is 0 Å². The fourth-order valence-corrected chi connectivity index (χ4v) is 4.22. The van der Waals surface area contributed by atoms with Crippen molar-refractivity contribution in [2.24, 2.45) is 5.14 Å². The molecule has 1 aliphatic heterocycles. The summed E-state index contributed by atoms with van der Waals surface area (Å²) in [6.45, 7) is 1.73. The number of aromatic nitrogens is 2. The monoisotopic (exact) mass is 459 g/mol. The number of likely N-dealkylation sites (N-methyl/N-ethyl adjacent to an activating group) is 1. The first-order valence-corrected chi connectivity index (χ1v) is 11.3. The Morgan fingerprint density at radius 3 is 2.65 bits per heavy atom. The first kappa shape index (κ1) is 23.2. The number of piperidine rings is 1. The van der Waals surface area contributed by atoms with Crippen LogP contribution in [0.25, 0.3) is 11.3 Å². The molecule has 12 heteroatoms. The Hall–Kier alpha value is -2.44. The lowest BCUT2D eigenvalue weighted by atomic mass is 10.0. The number of methoxy groups -OCH3 is 1. The maximum atomic E-state index is 13.0. The van der Waals surface area contributed by atoms with Gasteiger partial charge in [0.05, 0.1) is 24.1 Å². The van der Waals surface area contributed by atoms with Gasteiger partial charge in [0.2, 0.25) is 10.0 Å². The van der Waals surface area contributed by atoms with Crippen molar-refractivity contribution in [1.82, 2.24) is 15.1 Å². The number of hydrogen-bond donors (Lipinski definition) is 2. The Bertz CT molecular complexity index is 1050. The summed E-state index contributed by atoms with van der Waals surface area (Å²) < 4.78 is 67.7. The van der Waals surface area contributed by atoms with E-state index in [1.807, 2.05) is 7.05 Å². The van der Waals surface area contributed by atoms with Crippen molar-refractivity contribution in [3.05, 3.63) is 35.4 Å². The van der Waals surface area contributed by atoms with Crippen molar-refractivity contribution in [1.29, 1.82) is 0 Å². The van der Waals surface area contributed by atoms with Gasteiger partial charge in [-0.05, 0) is 50.7 Å². The number of nitrogens with one attached hydrogen (secondary N) is 1. The van der Waals surface area contributed by atoms with Crippen LogP contribution < -0.4 is 15.2 Å². The molecular weight excluding hydrogens is 435 g/mol. The average molecular weight is 459 g/mol. The predicted octanol–water partition coefficient (Wildman–Crippen LogP) is 2.47. The molecule has 8 nitrogen and oxygen atoms in total. The summed E-state index contributed by atoms with van der Waals surface area (Å²) in [6, 6.07) is 4.50. The van der Waals surface area contributed by atoms with Gasteiger partial charge in [-0.2, -0.15) is 13.2 Å². The molecular formula is C19H24F3N5O3S. The molecule has 0 unspecified atom stereocenters. The van der Waals surface area contributed by atoms with Gasteiger partial charge < -0.3 is 15.0 Å². The lowest BCUT2D eigenvalue weighted by molar-refractivity contribution is -0.137. The molecule has 0 radical (unpaired) electrons. The number of benzene rings is 1. The molecule has 170 valence electrons. The first-order chi connectivity index (χ1) is 14.5. The van der Waals surface area contributed by atoms with Crippen LogP contribution in [0.5, 0.6) is 5.75 Å². The number of nitrogens with zero attached hydrogens (tertiary/aromatic N) is 3. The topological polar surface area (TPSA) is 110 Å². The number of halogens is 3. The van der Waals surface area contributed by atoms with Crippen LogP contribution in [0.3, 0.4) is 0 Å². The second-order valence-corrected chi connectivity index (χ2v) is 9.18. The molecule has 1 aliphatic rings. The highest BCUT2D eigenvalue weighted by Crippen LogP contribution is 2.37. The van der Waals surface area contributed by atoms with Crippen molar-refractivity contribution in [2.45, 2.75) is 30.8 Å². The molecule has 2 heterocycles. The number of sulfonamides is 1. The van der Waals surface area contributed by atoms with Crippen molar-refractivity contribution < 1.29 is 26.3 Å². The fourth-order valence-electron chi connectivity index (χ4n) is 3.57. The summed E-state index contributed by atoms with van der Waals surface area (Å²) in [5.74, 6) is -0.271. The van der Waals surface area contributed by atoms with E-state index in [2.05, 4.69) is 20.4 Å². The molecule has 1 aromatic heterocycles. The number of primary sulfonamides is 1. The predicted molar refractivity (Wildman–Crippen MR) is 110 cm³/mol. The van der Waals surface area contributed by atoms with Crippen molar-refractivity contribution in [3.63, 3.8) is 0 Å². The molecule has 0 saturated carbocycles. The van der Waals surface area contributed by atoms with Gasteiger partial charge in [-0.3, -0.25) is 0 Å². The fraction of sp³-hybridized carbons (Fsp3) is 0.474. The van der Waals surface area contributed by atoms with E-state index >= 15 is 0 Å². The Morgan fingerprint density at radius 2 is 2.03 bits per heavy atom. The molecule has 3 rings (SSSR count). The number of likely N-dealkylation sites (tertiary alicyclic amines) is 1. The molecule has 1 atom stereocenters. The van der Waals surface area contributed by atoms with E-state index in [1.54, 1.807) is 0 Å². The third-order valence-electron chi connectivity index (χ3n) is 5.00. The highest BCUT2D eigenvalue weighted by molar-refractivity contribution is 7.88. The third-order valence-corrected chi connectivity index (χ3v) is 5.71. The number of ether oxygens (including phenoxy) is 1. The standard InChI is InChI=1S/C19H24F3N5O3S/c1-27-7-3-4-14(10-27)24-18-12(11-31(23,28)29)8-16(25-26-18)15-6-5-13(19(20,21)22)9-17(15)30-2/h5-6,8-9,14H,3-4,7,10-11H2,1-2H3,(H,24,26)(H2,23,28,29)/t14-/m1/s1. The lowest BCUT2D eigenvalue weighted by Gasteiger charge is -2.30. The molecule has 0 amide bonds. The molecule has 3 N–H and O–H groups in total. The SMILES string of the molecule is COc1cc(C(F)(F)F)ccc1-c1cc(CS(N)(=O)=O)c(N[C@@H]2CCCN(C)C2)nn1. The average Bonchev–Trinajstić information content (AvgIpc) is 2.67. The van der Waals surface area contributed by atoms with Crippen molar-refractivity contribution in [3.8, 4) is 17.0 Å². The Morgan fingerprint density at radius 1 is 1.29 bits per heavy atom. The summed E-state index contributed by atoms with van der Waals surface area (Å²) in [4.78, 5) is 2.15. The maximum Gasteiger partial charge on any atom is 0.416 e. The minimum absolute atomic E-state index is 0.0544. The lowest BCUT2D eigenvalue weighted by Crippen LogP contribution is -2.40. The largest absolute Gasteiger partial charge is 0.496 e. The minimum Gasteiger partial charge on any atom is -0.496 e. The quantitative estimate of drug-likeness (QED) is 0.683. The smallest absolute Gasteiger partial charge is 0.416 e. The Balaban J connectivity index is 1.99. The van der Waals surface area contributed by atoms with Crippen LogP contribution in [0, 0.1) is 0 Å². The summed E-state index contributed by atoms with van der Waals surface area (Å²) in [7, 11) is -0.656. The zero-order valence-electron chi connectivity index (χ0n) is 17.1. The van der Waals surface area contributed by atoms with Gasteiger partial charge in [-0.15, -0.1) is 10.2 Å². The number of rotatable bonds is 6. The molecule has 2 aromatic rings. The summed E-state index contributed by atoms with van der Waals surface area (Å²) in [5.41, 5.74) is -0.161. The number of hydrogen-bond acceptors (Lipinski definition) is 7. The number of alkyl halides is 3. The van der Waals surface area contributed by atoms with Crippen molar-refractivity contribution in [2.75, 3.05) is 32.6 Å². The van der Waals surface area contributed by atoms with Crippen LogP contribution in [0.1, 0.15) is 24.0 Å². The first-order valence-electron chi connectivity index (χ1n) is 9.54. The highest BCUT2D eigenvalue weighted by atomic mass is 32.2. The van der Waals surface area contributed by atoms with Crippen LogP contribution in [0.4, 0.5) is 19.0 Å². The van der Waals surface area contributed by atoms with Crippen LogP contribution in [-0.4, -0.2) is 56.8 Å². The van der Waals surface area contributed by atoms with E-state index < -0.39 is 27.5 Å². The minimum atomic E-state index is -4.53. The molecule has 1 saturated heterocycles. The van der Waals surface area contributed by atoms with Crippen LogP contribution >= 0.6 is 0 Å². The maximum absolute atomic E-state index is 13.0. The molecule has 31 heavy (non-hydrogen) atoms. The van der Waals surface area contributed by atoms with Crippen LogP contribution in [-0.2, 0) is 22.0 Å². The number of nitrogens with two attached hydrogens (primary N) is 1. The van der Waals surface area contributed by atoms with Gasteiger partial charge in [0.15, 0.2) is 5.82 Å². The third kappa shape index (κ3) is 6.05. The Kier molecular flexibility index (Phi) is 6.72. The summed E-state index contributed by atoms with van der Waals surface area (Å²) >= 11 is 0. The zero-order chi connectivity index (χ0) is 22.8. The van der Waals surface area contributed by atoms with Crippen LogP contribution in [0.15, 0.2) is 24.3 Å². The second kappa shape index (κ2) is 8.97. The van der Waals surface area contributed by atoms with Crippen molar-refractivity contribution >= 4 is 15.8 Å². The second-order valence-electron chi connectivity index (χ2n) is 7.57. The zero-order valence-corrected chi connectivity index (χ0v) is 17.9. The molecule has 1 aromatic carbocycles. The van der Waals surface area contributed by atoms with E-state index in [-0.39, 0.29) is 34.4 Å². The normalized spacial score (nSPS) is 18.1. The van der Waals surface area contributed by atoms with Crippen LogP contribution in [0.2, 0.25) is 0 Å². The van der Waals surface area contributed by atoms with Gasteiger partial charge in [0.25, 0.3) is 0 Å². The van der Waals surface area contributed by atoms with E-state index in [0.29, 0.717) is 0 Å². The summed E-state index contributed by atoms with van der Waals surface area (Å²) in [5, 5.41) is 16.7.